The highest BCUT2D eigenvalue weighted by Gasteiger charge is 2.25. The first-order chi connectivity index (χ1) is 13.4. The Morgan fingerprint density at radius 2 is 1.62 bits per heavy atom. The Morgan fingerprint density at radius 3 is 2.21 bits per heavy atom. The SMILES string of the molecule is CN(C)c1ccc(C=CC2=Nc3ccccc3SC(C)(C)C2)cc1.[O-][Cl+3]([O-])([O-])O. The second-order valence-electron chi connectivity index (χ2n) is 7.32. The fraction of sp³-hybridized carbons (Fsp3) is 0.286. The molecule has 0 saturated heterocycles. The summed E-state index contributed by atoms with van der Waals surface area (Å²) in [6.07, 6.45) is 5.28. The summed E-state index contributed by atoms with van der Waals surface area (Å²) >= 11 is 1.91. The van der Waals surface area contributed by atoms with Crippen LogP contribution in [0.3, 0.4) is 0 Å². The van der Waals surface area contributed by atoms with E-state index in [2.05, 4.69) is 93.5 Å². The van der Waals surface area contributed by atoms with Crippen molar-refractivity contribution < 1.29 is 28.9 Å². The van der Waals surface area contributed by atoms with Crippen LogP contribution in [-0.2, 0) is 0 Å². The zero-order valence-electron chi connectivity index (χ0n) is 16.8. The topological polar surface area (TPSA) is 105 Å². The number of fused-ring (bicyclic) bond motifs is 1. The normalized spacial score (nSPS) is 15.7. The summed E-state index contributed by atoms with van der Waals surface area (Å²) < 4.78 is 32.9. The van der Waals surface area contributed by atoms with Crippen LogP contribution < -0.4 is 18.9 Å². The molecule has 1 aliphatic rings. The van der Waals surface area contributed by atoms with Gasteiger partial charge in [-0.3, -0.25) is 4.99 Å². The van der Waals surface area contributed by atoms with Gasteiger partial charge in [-0.25, -0.2) is 0 Å². The first kappa shape index (κ1) is 23.4. The van der Waals surface area contributed by atoms with Crippen LogP contribution in [0, 0.1) is 10.2 Å². The molecule has 2 aromatic carbocycles. The predicted octanol–water partition coefficient (Wildman–Crippen LogP) is 1.69. The highest BCUT2D eigenvalue weighted by Crippen LogP contribution is 2.43. The van der Waals surface area contributed by atoms with Crippen molar-refractivity contribution in [3.63, 3.8) is 0 Å². The smallest absolute Gasteiger partial charge is 0.0777 e. The van der Waals surface area contributed by atoms with Gasteiger partial charge in [0.25, 0.3) is 0 Å². The molecule has 29 heavy (non-hydrogen) atoms. The minimum atomic E-state index is -4.69. The van der Waals surface area contributed by atoms with Gasteiger partial charge in [-0.05, 0) is 49.8 Å². The lowest BCUT2D eigenvalue weighted by molar-refractivity contribution is -1.92. The lowest BCUT2D eigenvalue weighted by Gasteiger charge is -2.21. The van der Waals surface area contributed by atoms with E-state index in [1.165, 1.54) is 16.1 Å². The van der Waals surface area contributed by atoms with E-state index in [0.717, 1.165) is 17.8 Å². The lowest BCUT2D eigenvalue weighted by Crippen LogP contribution is -2.58. The third-order valence-corrected chi connectivity index (χ3v) is 5.26. The molecular formula is C21H25ClN2O4S. The first-order valence-electron chi connectivity index (χ1n) is 8.87. The number of para-hydroxylation sites is 1. The summed E-state index contributed by atoms with van der Waals surface area (Å²) in [6.45, 7) is 4.57. The van der Waals surface area contributed by atoms with Crippen molar-refractivity contribution >= 4 is 34.9 Å². The van der Waals surface area contributed by atoms with Gasteiger partial charge >= 0.3 is 0 Å². The molecule has 0 atom stereocenters. The van der Waals surface area contributed by atoms with Gasteiger partial charge in [0.2, 0.25) is 0 Å². The van der Waals surface area contributed by atoms with E-state index < -0.39 is 10.2 Å². The Labute approximate surface area is 177 Å². The van der Waals surface area contributed by atoms with Gasteiger partial charge in [0, 0.05) is 41.6 Å². The molecule has 0 amide bonds. The maximum Gasteiger partial charge on any atom is 0.0777 e. The molecule has 0 unspecified atom stereocenters. The van der Waals surface area contributed by atoms with Crippen LogP contribution in [0.4, 0.5) is 11.4 Å². The molecule has 0 fully saturated rings. The largest absolute Gasteiger partial charge is 0.378 e. The Morgan fingerprint density at radius 1 is 1.03 bits per heavy atom. The molecule has 0 aromatic heterocycles. The number of hydrogen-bond donors (Lipinski definition) is 1. The van der Waals surface area contributed by atoms with Gasteiger partial charge in [-0.2, -0.15) is 14.0 Å². The molecule has 0 aliphatic carbocycles. The fourth-order valence-electron chi connectivity index (χ4n) is 2.77. The summed E-state index contributed by atoms with van der Waals surface area (Å²) in [7, 11) is -0.579. The van der Waals surface area contributed by atoms with Crippen molar-refractivity contribution in [1.29, 1.82) is 0 Å². The average molecular weight is 437 g/mol. The van der Waals surface area contributed by atoms with Gasteiger partial charge in [0.1, 0.15) is 0 Å². The summed E-state index contributed by atoms with van der Waals surface area (Å²) in [5.74, 6) is 0. The molecule has 3 rings (SSSR count). The van der Waals surface area contributed by atoms with E-state index in [0.29, 0.717) is 0 Å². The molecule has 0 spiro atoms. The average Bonchev–Trinajstić information content (AvgIpc) is 2.73. The number of aliphatic imine (C=N–C) groups is 1. The molecule has 1 aliphatic heterocycles. The summed E-state index contributed by atoms with van der Waals surface area (Å²) in [5, 5.41) is 0. The van der Waals surface area contributed by atoms with Gasteiger partial charge in [0.15, 0.2) is 0 Å². The zero-order chi connectivity index (χ0) is 21.7. The number of thioether (sulfide) groups is 1. The van der Waals surface area contributed by atoms with Gasteiger partial charge in [0.05, 0.1) is 20.6 Å². The maximum absolute atomic E-state index is 8.60. The molecule has 1 N–H and O–H groups in total. The van der Waals surface area contributed by atoms with Crippen LogP contribution in [-0.4, -0.2) is 29.2 Å². The van der Waals surface area contributed by atoms with Crippen LogP contribution in [0.15, 0.2) is 64.5 Å². The molecule has 0 radical (unpaired) electrons. The second-order valence-corrected chi connectivity index (χ2v) is 9.87. The Kier molecular flexibility index (Phi) is 7.87. The quantitative estimate of drug-likeness (QED) is 0.784. The lowest BCUT2D eigenvalue weighted by atomic mass is 10.0. The summed E-state index contributed by atoms with van der Waals surface area (Å²) in [4.78, 5) is 8.27. The van der Waals surface area contributed by atoms with Gasteiger partial charge < -0.3 is 4.90 Å². The summed E-state index contributed by atoms with van der Waals surface area (Å²) in [5.41, 5.74) is 4.63. The van der Waals surface area contributed by atoms with Crippen molar-refractivity contribution in [2.24, 2.45) is 4.99 Å². The van der Waals surface area contributed by atoms with Crippen LogP contribution in [0.1, 0.15) is 25.8 Å². The van der Waals surface area contributed by atoms with Gasteiger partial charge in [-0.1, -0.05) is 30.3 Å². The minimum Gasteiger partial charge on any atom is -0.378 e. The highest BCUT2D eigenvalue weighted by atomic mass is 35.7. The molecule has 2 aromatic rings. The van der Waals surface area contributed by atoms with Crippen molar-refractivity contribution in [3.8, 4) is 0 Å². The van der Waals surface area contributed by atoms with Crippen LogP contribution in [0.2, 0.25) is 0 Å². The van der Waals surface area contributed by atoms with E-state index in [1.54, 1.807) is 0 Å². The maximum atomic E-state index is 8.60. The van der Waals surface area contributed by atoms with E-state index >= 15 is 0 Å². The summed E-state index contributed by atoms with van der Waals surface area (Å²) in [6, 6.07) is 17.0. The Balaban J connectivity index is 0.000000537. The number of anilines is 1. The molecule has 6 nitrogen and oxygen atoms in total. The third kappa shape index (κ3) is 8.57. The molecule has 0 bridgehead atoms. The number of rotatable bonds is 3. The van der Waals surface area contributed by atoms with E-state index in [1.807, 2.05) is 11.8 Å². The predicted molar refractivity (Wildman–Crippen MR) is 110 cm³/mol. The molecular weight excluding hydrogens is 412 g/mol. The molecule has 156 valence electrons. The molecule has 0 saturated carbocycles. The standard InChI is InChI=1S/C21H24N2S.ClHO4/c1-21(2)15-17(22-19-7-5-6-8-20(19)24-21)12-9-16-10-13-18(14-11-16)23(3)4;2-1(3,4)5/h5-14H,15H2,1-4H3;(H,2,3,4,5). The third-order valence-electron chi connectivity index (χ3n) is 4.00. The monoisotopic (exact) mass is 436 g/mol. The Hall–Kier alpha value is -1.87. The number of allylic oxidation sites excluding steroid dienone is 1. The zero-order valence-corrected chi connectivity index (χ0v) is 18.4. The van der Waals surface area contributed by atoms with E-state index in [-0.39, 0.29) is 4.75 Å². The van der Waals surface area contributed by atoms with Crippen molar-refractivity contribution in [1.82, 2.24) is 0 Å². The van der Waals surface area contributed by atoms with Crippen molar-refractivity contribution in [3.05, 3.63) is 60.2 Å². The number of hydrogen-bond acceptors (Lipinski definition) is 7. The molecule has 8 heteroatoms. The molecule has 1 heterocycles. The van der Waals surface area contributed by atoms with Crippen LogP contribution >= 0.6 is 11.8 Å². The number of halogens is 1. The Bertz CT molecular complexity index is 869. The second kappa shape index (κ2) is 9.75. The first-order valence-corrected chi connectivity index (χ1v) is 11.0. The fourth-order valence-corrected chi connectivity index (χ4v) is 3.95. The van der Waals surface area contributed by atoms with Crippen LogP contribution in [0.25, 0.3) is 6.08 Å². The number of nitrogens with zero attached hydrogens (tertiary/aromatic N) is 2. The van der Waals surface area contributed by atoms with Gasteiger partial charge in [-0.15, -0.1) is 11.8 Å². The van der Waals surface area contributed by atoms with Crippen LogP contribution in [0.5, 0.6) is 0 Å². The van der Waals surface area contributed by atoms with E-state index in [4.69, 9.17) is 23.6 Å². The van der Waals surface area contributed by atoms with Crippen molar-refractivity contribution in [2.75, 3.05) is 19.0 Å². The van der Waals surface area contributed by atoms with Crippen molar-refractivity contribution in [2.45, 2.75) is 29.9 Å². The number of benzene rings is 2. The highest BCUT2D eigenvalue weighted by molar-refractivity contribution is 8.00. The minimum absolute atomic E-state index is 0.143. The van der Waals surface area contributed by atoms with E-state index in [9.17, 15) is 0 Å².